The molecule has 1 saturated heterocycles. The minimum atomic E-state index is -2.84. The van der Waals surface area contributed by atoms with Crippen molar-refractivity contribution in [2.75, 3.05) is 11.9 Å². The van der Waals surface area contributed by atoms with Crippen molar-refractivity contribution in [3.05, 3.63) is 24.3 Å². The number of carbonyl (C=O) groups excluding carboxylic acids is 1. The second kappa shape index (κ2) is 6.65. The summed E-state index contributed by atoms with van der Waals surface area (Å²) in [7, 11) is 0. The van der Waals surface area contributed by atoms with Crippen LogP contribution in [0.2, 0.25) is 0 Å². The van der Waals surface area contributed by atoms with Gasteiger partial charge in [-0.05, 0) is 50.6 Å². The van der Waals surface area contributed by atoms with Crippen LogP contribution < -0.4 is 15.4 Å². The molecule has 6 heteroatoms. The van der Waals surface area contributed by atoms with Gasteiger partial charge in [0, 0.05) is 17.6 Å². The second-order valence-electron chi connectivity index (χ2n) is 4.97. The molecular formula is C14H18F2N2O2. The highest BCUT2D eigenvalue weighted by Crippen LogP contribution is 2.21. The Labute approximate surface area is 116 Å². The fraction of sp³-hybridized carbons (Fsp3) is 0.500. The molecule has 1 aliphatic rings. The molecule has 0 aromatic heterocycles. The van der Waals surface area contributed by atoms with E-state index < -0.39 is 6.61 Å². The number of nitrogens with one attached hydrogen (secondary N) is 2. The summed E-state index contributed by atoms with van der Waals surface area (Å²) >= 11 is 0. The number of hydrogen-bond donors (Lipinski definition) is 2. The third kappa shape index (κ3) is 4.16. The first-order valence-electron chi connectivity index (χ1n) is 6.63. The van der Waals surface area contributed by atoms with E-state index in [9.17, 15) is 13.6 Å². The van der Waals surface area contributed by atoms with Crippen molar-refractivity contribution in [3.8, 4) is 5.75 Å². The van der Waals surface area contributed by atoms with Gasteiger partial charge >= 0.3 is 6.61 Å². The molecule has 1 aromatic carbocycles. The van der Waals surface area contributed by atoms with Crippen LogP contribution in [0.15, 0.2) is 24.3 Å². The molecule has 1 heterocycles. The molecule has 0 bridgehead atoms. The van der Waals surface area contributed by atoms with Gasteiger partial charge in [-0.25, -0.2) is 0 Å². The quantitative estimate of drug-likeness (QED) is 0.893. The number of anilines is 1. The Morgan fingerprint density at radius 2 is 2.10 bits per heavy atom. The smallest absolute Gasteiger partial charge is 0.387 e. The van der Waals surface area contributed by atoms with E-state index in [0.29, 0.717) is 11.7 Å². The number of benzene rings is 1. The van der Waals surface area contributed by atoms with E-state index in [2.05, 4.69) is 22.3 Å². The molecule has 1 aromatic rings. The number of piperidine rings is 1. The molecule has 2 N–H and O–H groups in total. The largest absolute Gasteiger partial charge is 0.435 e. The topological polar surface area (TPSA) is 50.4 Å². The van der Waals surface area contributed by atoms with Gasteiger partial charge in [0.05, 0.1) is 0 Å². The van der Waals surface area contributed by atoms with Gasteiger partial charge in [-0.2, -0.15) is 8.78 Å². The van der Waals surface area contributed by atoms with Crippen molar-refractivity contribution >= 4 is 11.6 Å². The summed E-state index contributed by atoms with van der Waals surface area (Å²) in [5.41, 5.74) is 0.586. The number of alkyl halides is 2. The molecule has 4 nitrogen and oxygen atoms in total. The van der Waals surface area contributed by atoms with Crippen molar-refractivity contribution in [2.24, 2.45) is 5.92 Å². The van der Waals surface area contributed by atoms with Crippen LogP contribution in [-0.2, 0) is 4.79 Å². The van der Waals surface area contributed by atoms with Gasteiger partial charge in [0.15, 0.2) is 0 Å². The minimum Gasteiger partial charge on any atom is -0.435 e. The Morgan fingerprint density at radius 1 is 1.40 bits per heavy atom. The van der Waals surface area contributed by atoms with Gasteiger partial charge in [0.2, 0.25) is 5.91 Å². The minimum absolute atomic E-state index is 0.0109. The van der Waals surface area contributed by atoms with E-state index in [1.54, 1.807) is 12.1 Å². The highest BCUT2D eigenvalue weighted by atomic mass is 19.3. The zero-order chi connectivity index (χ0) is 14.5. The number of carbonyl (C=O) groups is 1. The Balaban J connectivity index is 1.90. The Hall–Kier alpha value is -1.69. The van der Waals surface area contributed by atoms with Crippen molar-refractivity contribution in [1.82, 2.24) is 5.32 Å². The highest BCUT2D eigenvalue weighted by Gasteiger charge is 2.24. The van der Waals surface area contributed by atoms with E-state index in [4.69, 9.17) is 0 Å². The molecule has 1 amide bonds. The van der Waals surface area contributed by atoms with Gasteiger partial charge in [-0.15, -0.1) is 0 Å². The van der Waals surface area contributed by atoms with Crippen LogP contribution in [0.3, 0.4) is 0 Å². The fourth-order valence-electron chi connectivity index (χ4n) is 2.33. The normalized spacial score (nSPS) is 22.6. The monoisotopic (exact) mass is 284 g/mol. The van der Waals surface area contributed by atoms with Crippen LogP contribution in [0.1, 0.15) is 19.8 Å². The van der Waals surface area contributed by atoms with Gasteiger partial charge in [0.1, 0.15) is 5.75 Å². The molecule has 1 fully saturated rings. The number of halogens is 2. The van der Waals surface area contributed by atoms with Crippen LogP contribution in [0, 0.1) is 5.92 Å². The number of amides is 1. The molecule has 110 valence electrons. The van der Waals surface area contributed by atoms with E-state index in [0.717, 1.165) is 19.4 Å². The molecule has 2 atom stereocenters. The average molecular weight is 284 g/mol. The predicted molar refractivity (Wildman–Crippen MR) is 71.9 cm³/mol. The predicted octanol–water partition coefficient (Wildman–Crippen LogP) is 2.61. The molecular weight excluding hydrogens is 266 g/mol. The van der Waals surface area contributed by atoms with Gasteiger partial charge in [0.25, 0.3) is 0 Å². The molecule has 0 aliphatic carbocycles. The first-order valence-corrected chi connectivity index (χ1v) is 6.63. The van der Waals surface area contributed by atoms with Crippen molar-refractivity contribution in [3.63, 3.8) is 0 Å². The lowest BCUT2D eigenvalue weighted by Crippen LogP contribution is -2.40. The van der Waals surface area contributed by atoms with Crippen molar-refractivity contribution in [1.29, 1.82) is 0 Å². The zero-order valence-electron chi connectivity index (χ0n) is 11.2. The van der Waals surface area contributed by atoms with E-state index >= 15 is 0 Å². The van der Waals surface area contributed by atoms with Crippen LogP contribution in [0.4, 0.5) is 14.5 Å². The van der Waals surface area contributed by atoms with Crippen LogP contribution in [0.25, 0.3) is 0 Å². The average Bonchev–Trinajstić information content (AvgIpc) is 2.40. The fourth-order valence-corrected chi connectivity index (χ4v) is 2.33. The van der Waals surface area contributed by atoms with Crippen molar-refractivity contribution in [2.45, 2.75) is 32.4 Å². The second-order valence-corrected chi connectivity index (χ2v) is 4.97. The summed E-state index contributed by atoms with van der Waals surface area (Å²) in [5.74, 6) is 0.0395. The molecule has 20 heavy (non-hydrogen) atoms. The molecule has 0 unspecified atom stereocenters. The summed E-state index contributed by atoms with van der Waals surface area (Å²) in [6.07, 6.45) is 1.61. The van der Waals surface area contributed by atoms with E-state index in [1.807, 2.05) is 0 Å². The summed E-state index contributed by atoms with van der Waals surface area (Å²) < 4.78 is 28.3. The Morgan fingerprint density at radius 3 is 2.70 bits per heavy atom. The standard InChI is InChI=1S/C14H18F2N2O2/c1-9-8-10(6-7-17-9)13(19)18-11-2-4-12(5-3-11)20-14(15)16/h2-5,9-10,14,17H,6-8H2,1H3,(H,18,19)/t9-,10-/m0/s1. The van der Waals surface area contributed by atoms with E-state index in [-0.39, 0.29) is 17.6 Å². The molecule has 1 aliphatic heterocycles. The molecule has 0 saturated carbocycles. The van der Waals surface area contributed by atoms with Gasteiger partial charge in [-0.1, -0.05) is 0 Å². The van der Waals surface area contributed by atoms with Gasteiger partial charge in [-0.3, -0.25) is 4.79 Å². The van der Waals surface area contributed by atoms with Crippen LogP contribution >= 0.6 is 0 Å². The SMILES string of the molecule is C[C@H]1C[C@@H](C(=O)Nc2ccc(OC(F)F)cc2)CCN1. The van der Waals surface area contributed by atoms with Crippen molar-refractivity contribution < 1.29 is 18.3 Å². The molecule has 2 rings (SSSR count). The lowest BCUT2D eigenvalue weighted by atomic mass is 9.92. The first-order chi connectivity index (χ1) is 9.54. The lowest BCUT2D eigenvalue weighted by Gasteiger charge is -2.27. The summed E-state index contributed by atoms with van der Waals surface area (Å²) in [6.45, 7) is 0.0442. The lowest BCUT2D eigenvalue weighted by molar-refractivity contribution is -0.120. The zero-order valence-corrected chi connectivity index (χ0v) is 11.2. The third-order valence-electron chi connectivity index (χ3n) is 3.34. The Bertz CT molecular complexity index is 451. The van der Waals surface area contributed by atoms with Crippen LogP contribution in [-0.4, -0.2) is 25.1 Å². The highest BCUT2D eigenvalue weighted by molar-refractivity contribution is 5.92. The number of ether oxygens (including phenoxy) is 1. The van der Waals surface area contributed by atoms with E-state index in [1.165, 1.54) is 12.1 Å². The maximum Gasteiger partial charge on any atom is 0.387 e. The summed E-state index contributed by atoms with van der Waals surface area (Å²) in [5, 5.41) is 6.09. The maximum atomic E-state index is 12.1. The first kappa shape index (κ1) is 14.7. The summed E-state index contributed by atoms with van der Waals surface area (Å²) in [4.78, 5) is 12.1. The van der Waals surface area contributed by atoms with Gasteiger partial charge < -0.3 is 15.4 Å². The maximum absolute atomic E-state index is 12.1. The Kier molecular flexibility index (Phi) is 4.89. The third-order valence-corrected chi connectivity index (χ3v) is 3.34. The number of rotatable bonds is 4. The summed E-state index contributed by atoms with van der Waals surface area (Å²) in [6, 6.07) is 6.26. The number of hydrogen-bond acceptors (Lipinski definition) is 3. The van der Waals surface area contributed by atoms with Crippen LogP contribution in [0.5, 0.6) is 5.75 Å². The molecule has 0 spiro atoms. The molecule has 0 radical (unpaired) electrons.